The van der Waals surface area contributed by atoms with Crippen LogP contribution in [0.3, 0.4) is 0 Å². The van der Waals surface area contributed by atoms with Gasteiger partial charge in [-0.25, -0.2) is 13.4 Å². The zero-order valence-corrected chi connectivity index (χ0v) is 15.2. The van der Waals surface area contributed by atoms with Gasteiger partial charge in [0.05, 0.1) is 37.4 Å². The van der Waals surface area contributed by atoms with E-state index < -0.39 is 10.0 Å². The fourth-order valence-corrected chi connectivity index (χ4v) is 3.11. The largest absolute Gasteiger partial charge is 0.377 e. The number of nitrogens with zero attached hydrogens (tertiary/aromatic N) is 4. The molecule has 0 aromatic carbocycles. The van der Waals surface area contributed by atoms with E-state index in [2.05, 4.69) is 32.3 Å². The Hall–Kier alpha value is -2.33. The second-order valence-electron chi connectivity index (χ2n) is 6.01. The van der Waals surface area contributed by atoms with Gasteiger partial charge in [0, 0.05) is 31.8 Å². The molecular formula is C15H22N6O3S. The first-order valence-electron chi connectivity index (χ1n) is 7.91. The van der Waals surface area contributed by atoms with E-state index in [-0.39, 0.29) is 6.04 Å². The maximum atomic E-state index is 11.9. The van der Waals surface area contributed by atoms with Crippen LogP contribution >= 0.6 is 0 Å². The maximum absolute atomic E-state index is 11.9. The van der Waals surface area contributed by atoms with Crippen molar-refractivity contribution in [1.82, 2.24) is 15.2 Å². The number of anilines is 4. The van der Waals surface area contributed by atoms with Crippen LogP contribution in [0.4, 0.5) is 23.1 Å². The highest BCUT2D eigenvalue weighted by molar-refractivity contribution is 7.92. The van der Waals surface area contributed by atoms with Gasteiger partial charge in [-0.05, 0) is 6.92 Å². The second-order valence-corrected chi connectivity index (χ2v) is 8.03. The molecule has 3 rings (SSSR count). The Morgan fingerprint density at radius 2 is 2.24 bits per heavy atom. The number of hydrogen-bond donors (Lipinski definition) is 2. The van der Waals surface area contributed by atoms with Crippen LogP contribution in [0, 0.1) is 0 Å². The molecule has 136 valence electrons. The van der Waals surface area contributed by atoms with Gasteiger partial charge in [-0.15, -0.1) is 0 Å². The van der Waals surface area contributed by atoms with E-state index in [4.69, 9.17) is 4.74 Å². The highest BCUT2D eigenvalue weighted by atomic mass is 32.2. The predicted octanol–water partition coefficient (Wildman–Crippen LogP) is 1.17. The molecule has 0 radical (unpaired) electrons. The second kappa shape index (κ2) is 6.89. The molecule has 25 heavy (non-hydrogen) atoms. The van der Waals surface area contributed by atoms with E-state index in [1.165, 1.54) is 17.6 Å². The van der Waals surface area contributed by atoms with Crippen molar-refractivity contribution in [3.63, 3.8) is 0 Å². The lowest BCUT2D eigenvalue weighted by atomic mass is 10.2. The lowest BCUT2D eigenvalue weighted by Crippen LogP contribution is -2.44. The number of nitrogens with one attached hydrogen (secondary N) is 2. The van der Waals surface area contributed by atoms with Crippen molar-refractivity contribution in [2.45, 2.75) is 13.0 Å². The first-order valence-corrected chi connectivity index (χ1v) is 9.76. The van der Waals surface area contributed by atoms with Crippen LogP contribution in [0.25, 0.3) is 0 Å². The van der Waals surface area contributed by atoms with Crippen molar-refractivity contribution in [3.8, 4) is 0 Å². The highest BCUT2D eigenvalue weighted by Crippen LogP contribution is 2.28. The van der Waals surface area contributed by atoms with E-state index in [0.29, 0.717) is 42.9 Å². The molecule has 2 aromatic rings. The first-order chi connectivity index (χ1) is 11.8. The average Bonchev–Trinajstić information content (AvgIpc) is 3.06. The summed E-state index contributed by atoms with van der Waals surface area (Å²) in [5, 5.41) is 9.81. The molecule has 9 nitrogen and oxygen atoms in total. The molecule has 0 spiro atoms. The third kappa shape index (κ3) is 4.02. The predicted molar refractivity (Wildman–Crippen MR) is 97.0 cm³/mol. The topological polar surface area (TPSA) is 103 Å². The molecule has 10 heteroatoms. The number of aromatic nitrogens is 3. The van der Waals surface area contributed by atoms with Crippen molar-refractivity contribution < 1.29 is 13.2 Å². The van der Waals surface area contributed by atoms with E-state index in [1.807, 2.05) is 0 Å². The number of sulfonamides is 1. The quantitative estimate of drug-likeness (QED) is 0.818. The zero-order valence-electron chi connectivity index (χ0n) is 14.4. The number of pyridine rings is 1. The van der Waals surface area contributed by atoms with E-state index in [0.717, 1.165) is 0 Å². The van der Waals surface area contributed by atoms with Crippen LogP contribution in [0.2, 0.25) is 0 Å². The summed E-state index contributed by atoms with van der Waals surface area (Å²) >= 11 is 0. The number of H-pyrrole nitrogens is 1. The molecule has 0 amide bonds. The van der Waals surface area contributed by atoms with Gasteiger partial charge in [-0.1, -0.05) is 0 Å². The van der Waals surface area contributed by atoms with Gasteiger partial charge >= 0.3 is 0 Å². The van der Waals surface area contributed by atoms with Gasteiger partial charge < -0.3 is 15.0 Å². The van der Waals surface area contributed by atoms with E-state index in [1.54, 1.807) is 24.4 Å². The summed E-state index contributed by atoms with van der Waals surface area (Å²) in [7, 11) is -1.86. The van der Waals surface area contributed by atoms with Gasteiger partial charge in [-0.3, -0.25) is 9.40 Å². The molecule has 3 heterocycles. The molecule has 0 aliphatic carbocycles. The maximum Gasteiger partial charge on any atom is 0.231 e. The van der Waals surface area contributed by atoms with Gasteiger partial charge in [0.25, 0.3) is 0 Å². The lowest BCUT2D eigenvalue weighted by molar-refractivity contribution is 0.0985. The molecule has 0 bridgehead atoms. The Balaban J connectivity index is 2.01. The Morgan fingerprint density at radius 1 is 1.44 bits per heavy atom. The minimum absolute atomic E-state index is 0.153. The van der Waals surface area contributed by atoms with Crippen LogP contribution in [0.15, 0.2) is 24.4 Å². The number of aromatic amines is 1. The van der Waals surface area contributed by atoms with Gasteiger partial charge in [-0.2, -0.15) is 5.10 Å². The normalized spacial score (nSPS) is 18.2. The molecule has 1 atom stereocenters. The fourth-order valence-electron chi connectivity index (χ4n) is 2.62. The van der Waals surface area contributed by atoms with Crippen LogP contribution in [0.1, 0.15) is 6.92 Å². The smallest absolute Gasteiger partial charge is 0.231 e. The van der Waals surface area contributed by atoms with Crippen molar-refractivity contribution in [3.05, 3.63) is 24.4 Å². The number of rotatable bonds is 5. The molecule has 1 saturated heterocycles. The summed E-state index contributed by atoms with van der Waals surface area (Å²) < 4.78 is 30.6. The lowest BCUT2D eigenvalue weighted by Gasteiger charge is -2.35. The van der Waals surface area contributed by atoms with Gasteiger partial charge in [0.15, 0.2) is 0 Å². The molecule has 1 aliphatic rings. The average molecular weight is 366 g/mol. The number of morpholine rings is 1. The molecule has 1 fully saturated rings. The molecule has 1 unspecified atom stereocenters. The Morgan fingerprint density at radius 3 is 2.88 bits per heavy atom. The van der Waals surface area contributed by atoms with Crippen molar-refractivity contribution in [1.29, 1.82) is 0 Å². The summed E-state index contributed by atoms with van der Waals surface area (Å²) in [6, 6.07) is 5.39. The third-order valence-corrected chi connectivity index (χ3v) is 5.29. The van der Waals surface area contributed by atoms with Crippen LogP contribution < -0.4 is 14.5 Å². The van der Waals surface area contributed by atoms with Crippen LogP contribution in [-0.2, 0) is 14.8 Å². The van der Waals surface area contributed by atoms with Crippen LogP contribution in [0.5, 0.6) is 0 Å². The molecule has 2 N–H and O–H groups in total. The molecule has 1 aliphatic heterocycles. The van der Waals surface area contributed by atoms with E-state index >= 15 is 0 Å². The SMILES string of the molecule is CC1COCCN1c1cc(N(C)S(C)(=O)=O)cc(Nc2ccn[nH]2)n1. The van der Waals surface area contributed by atoms with E-state index in [9.17, 15) is 8.42 Å². The Bertz CT molecular complexity index is 824. The van der Waals surface area contributed by atoms with Crippen LogP contribution in [-0.4, -0.2) is 62.7 Å². The highest BCUT2D eigenvalue weighted by Gasteiger charge is 2.23. The summed E-state index contributed by atoms with van der Waals surface area (Å²) in [6.45, 7) is 3.97. The number of ether oxygens (including phenoxy) is 1. The van der Waals surface area contributed by atoms with Gasteiger partial charge in [0.1, 0.15) is 17.5 Å². The third-order valence-electron chi connectivity index (χ3n) is 4.08. The Kier molecular flexibility index (Phi) is 4.82. The standard InChI is InChI=1S/C15H22N6O3S/c1-11-10-24-7-6-21(11)15-9-12(20(2)25(3,22)23)8-14(18-15)17-13-4-5-16-19-13/h4-5,8-9,11H,6-7,10H2,1-3H3,(H2,16,17,18,19). The minimum atomic E-state index is -3.38. The van der Waals surface area contributed by atoms with Crippen molar-refractivity contribution >= 4 is 33.2 Å². The Labute approximate surface area is 147 Å². The first kappa shape index (κ1) is 17.5. The summed E-state index contributed by atoms with van der Waals surface area (Å²) in [6.07, 6.45) is 2.80. The fraction of sp³-hybridized carbons (Fsp3) is 0.467. The minimum Gasteiger partial charge on any atom is -0.377 e. The summed E-state index contributed by atoms with van der Waals surface area (Å²) in [5.74, 6) is 1.91. The molecule has 2 aromatic heterocycles. The number of hydrogen-bond acceptors (Lipinski definition) is 7. The summed E-state index contributed by atoms with van der Waals surface area (Å²) in [5.41, 5.74) is 0.535. The zero-order chi connectivity index (χ0) is 18.0. The molecule has 0 saturated carbocycles. The monoisotopic (exact) mass is 366 g/mol. The molecular weight excluding hydrogens is 344 g/mol. The van der Waals surface area contributed by atoms with Crippen molar-refractivity contribution in [2.24, 2.45) is 0 Å². The van der Waals surface area contributed by atoms with Gasteiger partial charge in [0.2, 0.25) is 10.0 Å². The summed E-state index contributed by atoms with van der Waals surface area (Å²) in [4.78, 5) is 6.75. The van der Waals surface area contributed by atoms with Crippen molar-refractivity contribution in [2.75, 3.05) is 47.6 Å².